The molecule has 2 aliphatic heterocycles. The molecule has 0 saturated carbocycles. The van der Waals surface area contributed by atoms with Gasteiger partial charge >= 0.3 is 0 Å². The van der Waals surface area contributed by atoms with Crippen LogP contribution in [-0.2, 0) is 4.79 Å². The summed E-state index contributed by atoms with van der Waals surface area (Å²) in [7, 11) is 0. The maximum absolute atomic E-state index is 13.6. The lowest BCUT2D eigenvalue weighted by atomic mass is 9.94. The fraction of sp³-hybridized carbons (Fsp3) is 0.264. The predicted octanol–water partition coefficient (Wildman–Crippen LogP) is 10.1. The highest BCUT2D eigenvalue weighted by atomic mass is 19.1. The number of likely N-dealkylation sites (tertiary alicyclic amines) is 1. The maximum Gasteiger partial charge on any atom is 0.225 e. The van der Waals surface area contributed by atoms with Gasteiger partial charge in [-0.05, 0) is 124 Å². The van der Waals surface area contributed by atoms with Gasteiger partial charge in [0.25, 0.3) is 0 Å². The average molecular weight is 913 g/mol. The second-order valence-electron chi connectivity index (χ2n) is 17.2. The van der Waals surface area contributed by atoms with Crippen molar-refractivity contribution in [3.8, 4) is 34.4 Å². The number of carbonyl (C=O) groups excluding carboxylic acids is 1. The molecule has 346 valence electrons. The Morgan fingerprint density at radius 3 is 1.43 bits per heavy atom. The number of carbonyl (C=O) groups is 1. The third-order valence-electron chi connectivity index (χ3n) is 12.6. The van der Waals surface area contributed by atoms with E-state index < -0.39 is 0 Å². The van der Waals surface area contributed by atoms with Crippen molar-refractivity contribution in [2.24, 2.45) is 0 Å². The number of hydrogen-bond acceptors (Lipinski definition) is 10. The molecule has 68 heavy (non-hydrogen) atoms. The van der Waals surface area contributed by atoms with E-state index in [4.69, 9.17) is 19.9 Å². The molecule has 0 radical (unpaired) electrons. The Bertz CT molecular complexity index is 2880. The summed E-state index contributed by atoms with van der Waals surface area (Å²) in [6, 6.07) is 36.9. The minimum absolute atomic E-state index is 0.0318. The van der Waals surface area contributed by atoms with Gasteiger partial charge in [-0.3, -0.25) is 13.9 Å². The summed E-state index contributed by atoms with van der Waals surface area (Å²) in [6.07, 6.45) is 12.3. The molecular formula is C53H54F2N12O. The van der Waals surface area contributed by atoms with Crippen LogP contribution in [0.1, 0.15) is 86.0 Å². The number of anilines is 2. The Hall–Kier alpha value is -7.65. The van der Waals surface area contributed by atoms with E-state index in [-0.39, 0.29) is 29.6 Å². The molecule has 2 fully saturated rings. The maximum atomic E-state index is 13.6. The number of nitrogens with zero attached hydrogens (tertiary/aromatic N) is 9. The first kappa shape index (κ1) is 45.5. The predicted molar refractivity (Wildman–Crippen MR) is 261 cm³/mol. The van der Waals surface area contributed by atoms with Gasteiger partial charge in [0.05, 0.1) is 23.5 Å². The molecule has 15 heteroatoms. The summed E-state index contributed by atoms with van der Waals surface area (Å²) in [5.74, 6) is 3.97. The van der Waals surface area contributed by atoms with Crippen LogP contribution in [0.4, 0.5) is 20.7 Å². The molecule has 0 unspecified atom stereocenters. The van der Waals surface area contributed by atoms with Crippen LogP contribution in [0, 0.1) is 11.6 Å². The Morgan fingerprint density at radius 1 is 0.574 bits per heavy atom. The van der Waals surface area contributed by atoms with Gasteiger partial charge in [0.15, 0.2) is 0 Å². The molecular weight excluding hydrogens is 859 g/mol. The number of imidazole rings is 2. The zero-order valence-corrected chi connectivity index (χ0v) is 38.1. The highest BCUT2D eigenvalue weighted by Crippen LogP contribution is 2.33. The summed E-state index contributed by atoms with van der Waals surface area (Å²) in [4.78, 5) is 41.2. The second kappa shape index (κ2) is 21.3. The van der Waals surface area contributed by atoms with Crippen LogP contribution in [-0.4, -0.2) is 76.5 Å². The van der Waals surface area contributed by atoms with Crippen LogP contribution in [0.5, 0.6) is 0 Å². The van der Waals surface area contributed by atoms with Crippen molar-refractivity contribution >= 4 is 18.3 Å². The second-order valence-corrected chi connectivity index (χ2v) is 17.2. The van der Waals surface area contributed by atoms with E-state index in [2.05, 4.69) is 70.2 Å². The fourth-order valence-electron chi connectivity index (χ4n) is 8.71. The largest absolute Gasteiger partial charge is 0.348 e. The first-order chi connectivity index (χ1) is 33.3. The zero-order chi connectivity index (χ0) is 46.8. The van der Waals surface area contributed by atoms with Crippen LogP contribution in [0.15, 0.2) is 146 Å². The SMILES string of the molecule is C[C@H](Nc1nccc(-n2cc(C3CCN(C=O)CC3)nc2-c2ccc(F)cc2)n1)c1ccccc1.C[C@H](Nc1nccc(-n2cc(C3CCNCC3)nc2-c2ccc(F)cc2)n1)c1ccccc1. The van der Waals surface area contributed by atoms with Crippen molar-refractivity contribution < 1.29 is 13.6 Å². The van der Waals surface area contributed by atoms with Gasteiger partial charge in [-0.15, -0.1) is 0 Å². The number of piperidine rings is 2. The van der Waals surface area contributed by atoms with E-state index in [1.807, 2.05) is 63.9 Å². The third-order valence-corrected chi connectivity index (χ3v) is 12.6. The average Bonchev–Trinajstić information content (AvgIpc) is 4.05. The van der Waals surface area contributed by atoms with Crippen molar-refractivity contribution in [2.75, 3.05) is 36.8 Å². The molecule has 0 spiro atoms. The van der Waals surface area contributed by atoms with E-state index in [1.165, 1.54) is 24.3 Å². The summed E-state index contributed by atoms with van der Waals surface area (Å²) in [6.45, 7) is 7.56. The standard InChI is InChI=1S/C27H27FN6O.C26H27FN6/c1-19(20-5-3-2-4-6-20)30-27-29-14-11-25(32-27)34-17-24(21-12-15-33(18-35)16-13-21)31-26(34)22-7-9-23(28)10-8-22;1-18(19-5-3-2-4-6-19)30-26-29-16-13-24(32-26)33-17-23(20-11-14-28-15-12-20)31-25(33)21-7-9-22(27)10-8-21/h2-11,14,17-19,21H,12-13,15-16H2,1H3,(H,29,30,32);2-10,13,16-18,20,28H,11-12,14-15H2,1H3,(H,29,30,32)/t19-;18-/m00/s1. The van der Waals surface area contributed by atoms with E-state index in [0.29, 0.717) is 42.5 Å². The van der Waals surface area contributed by atoms with Crippen LogP contribution >= 0.6 is 0 Å². The quantitative estimate of drug-likeness (QED) is 0.0957. The molecule has 8 aromatic rings. The summed E-state index contributed by atoms with van der Waals surface area (Å²) >= 11 is 0. The highest BCUT2D eigenvalue weighted by Gasteiger charge is 2.25. The molecule has 10 rings (SSSR count). The molecule has 6 heterocycles. The molecule has 1 amide bonds. The van der Waals surface area contributed by atoms with Crippen molar-refractivity contribution in [2.45, 2.75) is 63.5 Å². The lowest BCUT2D eigenvalue weighted by Crippen LogP contribution is -2.31. The molecule has 4 aromatic carbocycles. The normalized spacial score (nSPS) is 15.2. The van der Waals surface area contributed by atoms with Crippen LogP contribution in [0.25, 0.3) is 34.4 Å². The third kappa shape index (κ3) is 11.0. The number of halogens is 2. The van der Waals surface area contributed by atoms with Crippen molar-refractivity contribution in [3.05, 3.63) is 180 Å². The van der Waals surface area contributed by atoms with Crippen molar-refractivity contribution in [1.29, 1.82) is 0 Å². The number of benzene rings is 4. The van der Waals surface area contributed by atoms with Crippen LogP contribution < -0.4 is 16.0 Å². The fourth-order valence-corrected chi connectivity index (χ4v) is 8.71. The van der Waals surface area contributed by atoms with Gasteiger partial charge < -0.3 is 20.9 Å². The summed E-state index contributed by atoms with van der Waals surface area (Å²) in [5.41, 5.74) is 5.94. The van der Waals surface area contributed by atoms with Crippen LogP contribution in [0.3, 0.4) is 0 Å². The van der Waals surface area contributed by atoms with E-state index in [9.17, 15) is 13.6 Å². The van der Waals surface area contributed by atoms with Gasteiger partial charge in [0.1, 0.15) is 34.9 Å². The summed E-state index contributed by atoms with van der Waals surface area (Å²) in [5, 5.41) is 10.2. The number of amides is 1. The Morgan fingerprint density at radius 2 is 1.00 bits per heavy atom. The Balaban J connectivity index is 0.000000170. The number of rotatable bonds is 13. The van der Waals surface area contributed by atoms with Crippen LogP contribution in [0.2, 0.25) is 0 Å². The molecule has 2 saturated heterocycles. The lowest BCUT2D eigenvalue weighted by Gasteiger charge is -2.28. The molecule has 4 aromatic heterocycles. The number of hydrogen-bond donors (Lipinski definition) is 3. The van der Waals surface area contributed by atoms with Crippen molar-refractivity contribution in [1.82, 2.24) is 49.3 Å². The van der Waals surface area contributed by atoms with E-state index in [0.717, 1.165) is 90.5 Å². The monoisotopic (exact) mass is 912 g/mol. The topological polar surface area (TPSA) is 144 Å². The smallest absolute Gasteiger partial charge is 0.225 e. The van der Waals surface area contributed by atoms with E-state index >= 15 is 0 Å². The Kier molecular flexibility index (Phi) is 14.3. The van der Waals surface area contributed by atoms with Crippen molar-refractivity contribution in [3.63, 3.8) is 0 Å². The first-order valence-corrected chi connectivity index (χ1v) is 23.2. The molecule has 2 atom stereocenters. The van der Waals surface area contributed by atoms with Gasteiger partial charge in [-0.2, -0.15) is 9.97 Å². The zero-order valence-electron chi connectivity index (χ0n) is 38.1. The molecule has 0 aliphatic carbocycles. The molecule has 3 N–H and O–H groups in total. The number of aromatic nitrogens is 8. The molecule has 2 aliphatic rings. The van der Waals surface area contributed by atoms with Gasteiger partial charge in [0, 0.05) is 60.8 Å². The summed E-state index contributed by atoms with van der Waals surface area (Å²) < 4.78 is 31.1. The minimum Gasteiger partial charge on any atom is -0.348 e. The van der Waals surface area contributed by atoms with Gasteiger partial charge in [-0.1, -0.05) is 60.7 Å². The first-order valence-electron chi connectivity index (χ1n) is 23.2. The molecule has 13 nitrogen and oxygen atoms in total. The number of nitrogens with one attached hydrogen (secondary N) is 3. The molecule has 0 bridgehead atoms. The van der Waals surface area contributed by atoms with Gasteiger partial charge in [-0.25, -0.2) is 28.7 Å². The van der Waals surface area contributed by atoms with Gasteiger partial charge in [0.2, 0.25) is 18.3 Å². The minimum atomic E-state index is -0.295. The lowest BCUT2D eigenvalue weighted by molar-refractivity contribution is -0.119. The van der Waals surface area contributed by atoms with E-state index in [1.54, 1.807) is 41.6 Å². The highest BCUT2D eigenvalue weighted by molar-refractivity contribution is 5.60. The Labute approximate surface area is 394 Å².